The van der Waals surface area contributed by atoms with Gasteiger partial charge in [-0.2, -0.15) is 0 Å². The summed E-state index contributed by atoms with van der Waals surface area (Å²) >= 11 is 5.74. The van der Waals surface area contributed by atoms with Crippen LogP contribution in [0, 0.1) is 12.8 Å². The predicted molar refractivity (Wildman–Crippen MR) is 93.0 cm³/mol. The van der Waals surface area contributed by atoms with E-state index in [2.05, 4.69) is 17.7 Å². The molecule has 3 heteroatoms. The molecule has 1 saturated heterocycles. The molecule has 1 aromatic rings. The van der Waals surface area contributed by atoms with E-state index in [1.54, 1.807) is 0 Å². The molecule has 0 unspecified atom stereocenters. The number of piperidine rings is 1. The van der Waals surface area contributed by atoms with Gasteiger partial charge in [-0.1, -0.05) is 32.4 Å². The summed E-state index contributed by atoms with van der Waals surface area (Å²) < 4.78 is 5.72. The Morgan fingerprint density at radius 3 is 2.14 bits per heavy atom. The van der Waals surface area contributed by atoms with E-state index >= 15 is 0 Å². The Kier molecular flexibility index (Phi) is 13.0. The Balaban J connectivity index is 0.000000921. The maximum atomic E-state index is 5.74. The summed E-state index contributed by atoms with van der Waals surface area (Å²) in [4.78, 5) is 2.48. The second-order valence-corrected chi connectivity index (χ2v) is 4.80. The van der Waals surface area contributed by atoms with E-state index in [-0.39, 0.29) is 0 Å². The maximum absolute atomic E-state index is 5.74. The third kappa shape index (κ3) is 8.65. The van der Waals surface area contributed by atoms with Gasteiger partial charge in [0.05, 0.1) is 0 Å². The first kappa shape index (κ1) is 19.8. The second-order valence-electron chi connectivity index (χ2n) is 4.53. The van der Waals surface area contributed by atoms with E-state index in [0.717, 1.165) is 24.5 Å². The monoisotopic (exact) mass is 309 g/mol. The van der Waals surface area contributed by atoms with Gasteiger partial charge < -0.3 is 4.74 Å². The van der Waals surface area contributed by atoms with Crippen molar-refractivity contribution in [3.8, 4) is 18.6 Å². The van der Waals surface area contributed by atoms with Gasteiger partial charge >= 0.3 is 0 Å². The summed E-state index contributed by atoms with van der Waals surface area (Å²) in [5.74, 6) is 1.50. The SMILES string of the molecule is C#C.CC.ClCc1ccc(OCCN2CCCCC2)cc1. The van der Waals surface area contributed by atoms with Crippen LogP contribution < -0.4 is 4.74 Å². The molecule has 0 radical (unpaired) electrons. The number of benzene rings is 1. The smallest absolute Gasteiger partial charge is 0.119 e. The van der Waals surface area contributed by atoms with Crippen LogP contribution in [0.3, 0.4) is 0 Å². The number of rotatable bonds is 5. The first-order chi connectivity index (χ1) is 10.4. The highest BCUT2D eigenvalue weighted by Crippen LogP contribution is 2.14. The van der Waals surface area contributed by atoms with Gasteiger partial charge in [0.1, 0.15) is 12.4 Å². The Labute approximate surface area is 135 Å². The van der Waals surface area contributed by atoms with E-state index < -0.39 is 0 Å². The molecule has 0 N–H and O–H groups in total. The van der Waals surface area contributed by atoms with E-state index in [4.69, 9.17) is 16.3 Å². The minimum Gasteiger partial charge on any atom is -0.492 e. The average Bonchev–Trinajstić information content (AvgIpc) is 2.60. The normalized spacial score (nSPS) is 14.1. The second kappa shape index (κ2) is 13.8. The van der Waals surface area contributed by atoms with Gasteiger partial charge in [-0.3, -0.25) is 4.90 Å². The number of halogens is 1. The summed E-state index contributed by atoms with van der Waals surface area (Å²) in [5.41, 5.74) is 1.13. The molecule has 1 fully saturated rings. The van der Waals surface area contributed by atoms with Crippen LogP contribution in [0.25, 0.3) is 0 Å². The van der Waals surface area contributed by atoms with Gasteiger partial charge in [0.2, 0.25) is 0 Å². The Hall–Kier alpha value is -1.17. The van der Waals surface area contributed by atoms with Crippen LogP contribution in [-0.2, 0) is 5.88 Å². The number of ether oxygens (including phenoxy) is 1. The fraction of sp³-hybridized carbons (Fsp3) is 0.556. The predicted octanol–water partition coefficient (Wildman–Crippen LogP) is 4.57. The Morgan fingerprint density at radius 1 is 1.05 bits per heavy atom. The van der Waals surface area contributed by atoms with Crippen LogP contribution in [0.15, 0.2) is 24.3 Å². The van der Waals surface area contributed by atoms with Crippen molar-refractivity contribution in [1.82, 2.24) is 4.90 Å². The lowest BCUT2D eigenvalue weighted by Gasteiger charge is -2.26. The van der Waals surface area contributed by atoms with Crippen molar-refractivity contribution >= 4 is 11.6 Å². The quantitative estimate of drug-likeness (QED) is 0.584. The molecule has 0 atom stereocenters. The lowest BCUT2D eigenvalue weighted by Crippen LogP contribution is -2.33. The molecule has 0 saturated carbocycles. The molecule has 1 aromatic carbocycles. The highest BCUT2D eigenvalue weighted by atomic mass is 35.5. The van der Waals surface area contributed by atoms with Crippen LogP contribution in [0.2, 0.25) is 0 Å². The average molecular weight is 310 g/mol. The van der Waals surface area contributed by atoms with Gasteiger partial charge in [-0.05, 0) is 43.6 Å². The summed E-state index contributed by atoms with van der Waals surface area (Å²) in [6.07, 6.45) is 12.1. The molecule has 2 nitrogen and oxygen atoms in total. The number of nitrogens with zero attached hydrogens (tertiary/aromatic N) is 1. The van der Waals surface area contributed by atoms with Crippen molar-refractivity contribution in [2.75, 3.05) is 26.2 Å². The van der Waals surface area contributed by atoms with Crippen molar-refractivity contribution in [2.45, 2.75) is 39.0 Å². The fourth-order valence-corrected chi connectivity index (χ4v) is 2.33. The lowest BCUT2D eigenvalue weighted by molar-refractivity contribution is 0.183. The molecule has 1 aliphatic rings. The van der Waals surface area contributed by atoms with Crippen molar-refractivity contribution in [3.05, 3.63) is 29.8 Å². The van der Waals surface area contributed by atoms with Crippen LogP contribution in [-0.4, -0.2) is 31.1 Å². The molecule has 0 amide bonds. The fourth-order valence-electron chi connectivity index (χ4n) is 2.15. The number of likely N-dealkylation sites (tertiary alicyclic amines) is 1. The third-order valence-corrected chi connectivity index (χ3v) is 3.51. The molecular formula is C18H28ClNO. The summed E-state index contributed by atoms with van der Waals surface area (Å²) in [6, 6.07) is 8.02. The topological polar surface area (TPSA) is 12.5 Å². The van der Waals surface area contributed by atoms with Gasteiger partial charge in [0, 0.05) is 12.4 Å². The van der Waals surface area contributed by atoms with E-state index in [1.807, 2.05) is 38.1 Å². The van der Waals surface area contributed by atoms with Crippen molar-refractivity contribution in [2.24, 2.45) is 0 Å². The van der Waals surface area contributed by atoms with Crippen LogP contribution >= 0.6 is 11.6 Å². The van der Waals surface area contributed by atoms with E-state index in [1.165, 1.54) is 32.4 Å². The Morgan fingerprint density at radius 2 is 1.62 bits per heavy atom. The minimum absolute atomic E-state index is 0.564. The molecule has 118 valence electrons. The molecular weight excluding hydrogens is 282 g/mol. The highest BCUT2D eigenvalue weighted by Gasteiger charge is 2.09. The van der Waals surface area contributed by atoms with Gasteiger partial charge in [-0.15, -0.1) is 24.4 Å². The first-order valence-corrected chi connectivity index (χ1v) is 8.25. The van der Waals surface area contributed by atoms with Gasteiger partial charge in [0.15, 0.2) is 0 Å². The lowest BCUT2D eigenvalue weighted by atomic mass is 10.1. The zero-order chi connectivity index (χ0) is 15.9. The van der Waals surface area contributed by atoms with Crippen molar-refractivity contribution < 1.29 is 4.74 Å². The standard InChI is InChI=1S/C14H20ClNO.C2H6.C2H2/c15-12-13-4-6-14(7-5-13)17-11-10-16-8-2-1-3-9-16;2*1-2/h4-7H,1-3,8-12H2;1-2H3;1-2H. The van der Waals surface area contributed by atoms with E-state index in [0.29, 0.717) is 5.88 Å². The number of terminal acetylenes is 1. The molecule has 1 heterocycles. The maximum Gasteiger partial charge on any atom is 0.119 e. The van der Waals surface area contributed by atoms with Crippen LogP contribution in [0.1, 0.15) is 38.7 Å². The summed E-state index contributed by atoms with van der Waals surface area (Å²) in [6.45, 7) is 8.28. The number of alkyl halides is 1. The summed E-state index contributed by atoms with van der Waals surface area (Å²) in [7, 11) is 0. The van der Waals surface area contributed by atoms with Gasteiger partial charge in [-0.25, -0.2) is 0 Å². The summed E-state index contributed by atoms with van der Waals surface area (Å²) in [5, 5.41) is 0. The number of hydrogen-bond acceptors (Lipinski definition) is 2. The third-order valence-electron chi connectivity index (χ3n) is 3.20. The van der Waals surface area contributed by atoms with Crippen LogP contribution in [0.4, 0.5) is 0 Å². The zero-order valence-electron chi connectivity index (χ0n) is 13.4. The van der Waals surface area contributed by atoms with Crippen LogP contribution in [0.5, 0.6) is 5.75 Å². The zero-order valence-corrected chi connectivity index (χ0v) is 14.1. The first-order valence-electron chi connectivity index (χ1n) is 7.72. The molecule has 0 spiro atoms. The molecule has 0 bridgehead atoms. The molecule has 0 aliphatic carbocycles. The number of hydrogen-bond donors (Lipinski definition) is 0. The minimum atomic E-state index is 0.564. The van der Waals surface area contributed by atoms with Gasteiger partial charge in [0.25, 0.3) is 0 Å². The van der Waals surface area contributed by atoms with E-state index in [9.17, 15) is 0 Å². The Bertz CT molecular complexity index is 355. The molecule has 21 heavy (non-hydrogen) atoms. The molecule has 0 aromatic heterocycles. The molecule has 2 rings (SSSR count). The highest BCUT2D eigenvalue weighted by molar-refractivity contribution is 6.17. The largest absolute Gasteiger partial charge is 0.492 e. The van der Waals surface area contributed by atoms with Crippen molar-refractivity contribution in [1.29, 1.82) is 0 Å². The van der Waals surface area contributed by atoms with Crippen molar-refractivity contribution in [3.63, 3.8) is 0 Å². The molecule has 1 aliphatic heterocycles.